The average Bonchev–Trinajstić information content (AvgIpc) is 2.56. The van der Waals surface area contributed by atoms with Gasteiger partial charge in [-0.1, -0.05) is 37.3 Å². The van der Waals surface area contributed by atoms with Crippen LogP contribution in [0.25, 0.3) is 0 Å². The number of hydrogen-bond acceptors (Lipinski definition) is 3. The van der Waals surface area contributed by atoms with Gasteiger partial charge in [0, 0.05) is 6.54 Å². The maximum atomic E-state index is 10.2. The average molecular weight is 319 g/mol. The third-order valence-electron chi connectivity index (χ3n) is 5.06. The summed E-state index contributed by atoms with van der Waals surface area (Å²) in [6.45, 7) is 9.62. The fourth-order valence-electron chi connectivity index (χ4n) is 3.10. The lowest BCUT2D eigenvalue weighted by Gasteiger charge is -2.34. The first-order valence-electron chi connectivity index (χ1n) is 9.07. The van der Waals surface area contributed by atoms with Crippen LogP contribution in [0.2, 0.25) is 0 Å². The smallest absolute Gasteiger partial charge is 0.0900 e. The summed E-state index contributed by atoms with van der Waals surface area (Å²) < 4.78 is 5.81. The van der Waals surface area contributed by atoms with Crippen LogP contribution in [0.3, 0.4) is 0 Å². The van der Waals surface area contributed by atoms with Gasteiger partial charge in [-0.2, -0.15) is 0 Å². The van der Waals surface area contributed by atoms with Crippen LogP contribution in [0.4, 0.5) is 0 Å². The fraction of sp³-hybridized carbons (Fsp3) is 0.700. The monoisotopic (exact) mass is 319 g/mol. The van der Waals surface area contributed by atoms with Gasteiger partial charge in [-0.05, 0) is 64.1 Å². The van der Waals surface area contributed by atoms with Gasteiger partial charge in [0.2, 0.25) is 0 Å². The molecule has 1 heterocycles. The van der Waals surface area contributed by atoms with Crippen LogP contribution in [0.5, 0.6) is 0 Å². The van der Waals surface area contributed by atoms with Gasteiger partial charge in [0.05, 0.1) is 18.3 Å². The van der Waals surface area contributed by atoms with Gasteiger partial charge < -0.3 is 14.7 Å². The summed E-state index contributed by atoms with van der Waals surface area (Å²) in [5, 5.41) is 10.2. The molecule has 2 rings (SSSR count). The number of benzene rings is 1. The molecule has 1 aromatic carbocycles. The number of aliphatic hydroxyl groups is 1. The van der Waals surface area contributed by atoms with E-state index in [1.165, 1.54) is 24.8 Å². The number of piperidine rings is 1. The SMILES string of the molecule is CCC(C)(C)OC[C@H](O)CN1CCC(Cc2ccccc2)CC1. The first kappa shape index (κ1) is 18.4. The molecule has 3 nitrogen and oxygen atoms in total. The Morgan fingerprint density at radius 3 is 2.48 bits per heavy atom. The molecule has 0 aliphatic carbocycles. The van der Waals surface area contributed by atoms with Gasteiger partial charge in [0.1, 0.15) is 0 Å². The van der Waals surface area contributed by atoms with Crippen molar-refractivity contribution in [1.29, 1.82) is 0 Å². The molecule has 0 bridgehead atoms. The maximum absolute atomic E-state index is 10.2. The predicted molar refractivity (Wildman–Crippen MR) is 95.6 cm³/mol. The summed E-state index contributed by atoms with van der Waals surface area (Å²) in [6.07, 6.45) is 4.22. The number of likely N-dealkylation sites (tertiary alicyclic amines) is 1. The van der Waals surface area contributed by atoms with E-state index in [0.29, 0.717) is 6.61 Å². The number of ether oxygens (including phenoxy) is 1. The minimum atomic E-state index is -0.383. The Bertz CT molecular complexity index is 438. The van der Waals surface area contributed by atoms with E-state index in [2.05, 4.69) is 56.0 Å². The largest absolute Gasteiger partial charge is 0.389 e. The summed E-state index contributed by atoms with van der Waals surface area (Å²) in [5.74, 6) is 0.779. The van der Waals surface area contributed by atoms with Crippen molar-refractivity contribution in [3.8, 4) is 0 Å². The van der Waals surface area contributed by atoms with Gasteiger partial charge in [-0.25, -0.2) is 0 Å². The topological polar surface area (TPSA) is 32.7 Å². The van der Waals surface area contributed by atoms with Crippen LogP contribution in [0, 0.1) is 5.92 Å². The van der Waals surface area contributed by atoms with Crippen LogP contribution in [0.15, 0.2) is 30.3 Å². The molecule has 1 aromatic rings. The van der Waals surface area contributed by atoms with Crippen molar-refractivity contribution in [3.05, 3.63) is 35.9 Å². The standard InChI is InChI=1S/C20H33NO2/c1-4-20(2,3)23-16-19(22)15-21-12-10-18(11-13-21)14-17-8-6-5-7-9-17/h5-9,18-19,22H,4,10-16H2,1-3H3/t19-/m1/s1. The molecule has 0 radical (unpaired) electrons. The lowest BCUT2D eigenvalue weighted by Crippen LogP contribution is -2.41. The molecular formula is C20H33NO2. The van der Waals surface area contributed by atoms with E-state index in [9.17, 15) is 5.11 Å². The Kier molecular flexibility index (Phi) is 7.07. The third kappa shape index (κ3) is 6.62. The minimum absolute atomic E-state index is 0.135. The van der Waals surface area contributed by atoms with Gasteiger partial charge in [0.25, 0.3) is 0 Å². The second-order valence-corrected chi connectivity index (χ2v) is 7.51. The highest BCUT2D eigenvalue weighted by Crippen LogP contribution is 2.22. The lowest BCUT2D eigenvalue weighted by atomic mass is 9.90. The molecule has 1 aliphatic heterocycles. The summed E-state index contributed by atoms with van der Waals surface area (Å²) in [7, 11) is 0. The normalized spacial score (nSPS) is 19.0. The van der Waals surface area contributed by atoms with Crippen LogP contribution in [0.1, 0.15) is 45.6 Å². The summed E-state index contributed by atoms with van der Waals surface area (Å²) in [4.78, 5) is 2.38. The highest BCUT2D eigenvalue weighted by Gasteiger charge is 2.23. The number of hydrogen-bond donors (Lipinski definition) is 1. The quantitative estimate of drug-likeness (QED) is 0.796. The van der Waals surface area contributed by atoms with Gasteiger partial charge >= 0.3 is 0 Å². The van der Waals surface area contributed by atoms with Crippen molar-refractivity contribution in [1.82, 2.24) is 4.90 Å². The molecule has 130 valence electrons. The molecule has 0 spiro atoms. The van der Waals surface area contributed by atoms with Gasteiger partial charge in [-0.3, -0.25) is 0 Å². The first-order chi connectivity index (χ1) is 11.0. The van der Waals surface area contributed by atoms with E-state index in [0.717, 1.165) is 32.0 Å². The Balaban J connectivity index is 1.66. The van der Waals surface area contributed by atoms with Gasteiger partial charge in [-0.15, -0.1) is 0 Å². The van der Waals surface area contributed by atoms with Gasteiger partial charge in [0.15, 0.2) is 0 Å². The molecule has 0 amide bonds. The zero-order valence-corrected chi connectivity index (χ0v) is 15.0. The lowest BCUT2D eigenvalue weighted by molar-refractivity contribution is -0.0686. The molecule has 1 aliphatic rings. The molecule has 0 saturated carbocycles. The van der Waals surface area contributed by atoms with E-state index in [1.54, 1.807) is 0 Å². The van der Waals surface area contributed by atoms with Crippen LogP contribution >= 0.6 is 0 Å². The molecule has 0 unspecified atom stereocenters. The summed E-state index contributed by atoms with van der Waals surface area (Å²) in [5.41, 5.74) is 1.31. The first-order valence-corrected chi connectivity index (χ1v) is 9.07. The Hall–Kier alpha value is -0.900. The second-order valence-electron chi connectivity index (χ2n) is 7.51. The zero-order valence-electron chi connectivity index (χ0n) is 15.0. The Morgan fingerprint density at radius 1 is 1.22 bits per heavy atom. The number of rotatable bonds is 8. The molecular weight excluding hydrogens is 286 g/mol. The molecule has 1 saturated heterocycles. The summed E-state index contributed by atoms with van der Waals surface area (Å²) in [6, 6.07) is 10.8. The molecule has 3 heteroatoms. The zero-order chi connectivity index (χ0) is 16.7. The highest BCUT2D eigenvalue weighted by atomic mass is 16.5. The van der Waals surface area contributed by atoms with Crippen molar-refractivity contribution in [2.45, 2.75) is 58.2 Å². The molecule has 23 heavy (non-hydrogen) atoms. The Labute approximate surface area is 141 Å². The highest BCUT2D eigenvalue weighted by molar-refractivity contribution is 5.15. The number of nitrogens with zero attached hydrogens (tertiary/aromatic N) is 1. The molecule has 1 N–H and O–H groups in total. The molecule has 1 fully saturated rings. The fourth-order valence-corrected chi connectivity index (χ4v) is 3.10. The number of aliphatic hydroxyl groups excluding tert-OH is 1. The minimum Gasteiger partial charge on any atom is -0.389 e. The maximum Gasteiger partial charge on any atom is 0.0900 e. The van der Waals surface area contributed by atoms with Crippen molar-refractivity contribution >= 4 is 0 Å². The Morgan fingerprint density at radius 2 is 1.87 bits per heavy atom. The van der Waals surface area contributed by atoms with Crippen molar-refractivity contribution < 1.29 is 9.84 Å². The van der Waals surface area contributed by atoms with Crippen LogP contribution < -0.4 is 0 Å². The van der Waals surface area contributed by atoms with E-state index in [-0.39, 0.29) is 11.7 Å². The number of β-amino-alcohol motifs (C(OH)–C–C–N with tert-alkyl or cyclic N) is 1. The van der Waals surface area contributed by atoms with E-state index < -0.39 is 0 Å². The van der Waals surface area contributed by atoms with E-state index >= 15 is 0 Å². The predicted octanol–water partition coefficient (Wildman–Crippen LogP) is 3.51. The van der Waals surface area contributed by atoms with Crippen molar-refractivity contribution in [3.63, 3.8) is 0 Å². The molecule has 1 atom stereocenters. The second kappa shape index (κ2) is 8.81. The van der Waals surface area contributed by atoms with Crippen LogP contribution in [-0.4, -0.2) is 48.0 Å². The van der Waals surface area contributed by atoms with E-state index in [4.69, 9.17) is 4.74 Å². The molecule has 0 aromatic heterocycles. The van der Waals surface area contributed by atoms with Crippen LogP contribution in [-0.2, 0) is 11.2 Å². The van der Waals surface area contributed by atoms with Crippen molar-refractivity contribution in [2.24, 2.45) is 5.92 Å². The summed E-state index contributed by atoms with van der Waals surface area (Å²) >= 11 is 0. The van der Waals surface area contributed by atoms with Crippen molar-refractivity contribution in [2.75, 3.05) is 26.2 Å². The van der Waals surface area contributed by atoms with E-state index in [1.807, 2.05) is 0 Å². The third-order valence-corrected chi connectivity index (χ3v) is 5.06.